The van der Waals surface area contributed by atoms with Crippen LogP contribution in [0.1, 0.15) is 35.6 Å². The molecule has 0 radical (unpaired) electrons. The summed E-state index contributed by atoms with van der Waals surface area (Å²) < 4.78 is 8.18. The normalized spacial score (nSPS) is 24.1. The quantitative estimate of drug-likeness (QED) is 0.178. The van der Waals surface area contributed by atoms with Gasteiger partial charge in [0.2, 0.25) is 0 Å². The molecule has 3 aliphatic rings. The second kappa shape index (κ2) is 11.9. The van der Waals surface area contributed by atoms with Crippen LogP contribution in [0.3, 0.4) is 0 Å². The predicted octanol–water partition coefficient (Wildman–Crippen LogP) is 5.26. The van der Waals surface area contributed by atoms with Gasteiger partial charge in [0, 0.05) is 35.9 Å². The van der Waals surface area contributed by atoms with Crippen molar-refractivity contribution in [3.8, 4) is 0 Å². The molecule has 3 nitrogen and oxygen atoms in total. The number of hydrogen-bond acceptors (Lipinski definition) is 2. The van der Waals surface area contributed by atoms with E-state index >= 15 is 0 Å². The Bertz CT molecular complexity index is 1650. The van der Waals surface area contributed by atoms with Crippen molar-refractivity contribution in [2.75, 3.05) is 13.1 Å². The van der Waals surface area contributed by atoms with Crippen molar-refractivity contribution >= 4 is 21.7 Å². The standard InChI is InChI=1S/C37H37N2O.BrH/c1-2-29-25-39(24-27-10-4-3-5-11-27)21-19-32(29)23-36(39)37(34-18-20-38-35-15-9-8-14-33(34)35)40-26-28-16-17-30-12-6-7-13-31(30)22-28;/h2-18,20,22,29,32,36-37H,1,19,21,23-26H2;1H/q+1;/p-1/t29-,32-,36+,37-,39?;/m0./s1. The largest absolute Gasteiger partial charge is 1.00 e. The Morgan fingerprint density at radius 3 is 2.51 bits per heavy atom. The molecule has 208 valence electrons. The fraction of sp³-hybridized carbons (Fsp3) is 0.270. The molecule has 1 unspecified atom stereocenters. The van der Waals surface area contributed by atoms with E-state index < -0.39 is 0 Å². The van der Waals surface area contributed by atoms with Gasteiger partial charge in [-0.25, -0.2) is 0 Å². The van der Waals surface area contributed by atoms with Crippen LogP contribution in [-0.4, -0.2) is 28.6 Å². The van der Waals surface area contributed by atoms with Crippen LogP contribution in [0, 0.1) is 11.8 Å². The molecule has 4 heterocycles. The molecule has 3 aliphatic heterocycles. The highest BCUT2D eigenvalue weighted by molar-refractivity contribution is 5.83. The fourth-order valence-electron chi connectivity index (χ4n) is 7.60. The van der Waals surface area contributed by atoms with Gasteiger partial charge in [0.25, 0.3) is 0 Å². The number of hydrogen-bond donors (Lipinski definition) is 0. The van der Waals surface area contributed by atoms with Gasteiger partial charge in [-0.3, -0.25) is 4.98 Å². The second-order valence-corrected chi connectivity index (χ2v) is 11.9. The van der Waals surface area contributed by atoms with Gasteiger partial charge >= 0.3 is 0 Å². The number of rotatable bonds is 8. The summed E-state index contributed by atoms with van der Waals surface area (Å²) in [5.41, 5.74) is 4.93. The number of pyridine rings is 1. The molecule has 0 aliphatic carbocycles. The lowest BCUT2D eigenvalue weighted by Gasteiger charge is -2.58. The number of fused-ring (bicyclic) bond motifs is 5. The molecule has 8 rings (SSSR count). The minimum atomic E-state index is -0.0309. The lowest BCUT2D eigenvalue weighted by Crippen LogP contribution is -3.00. The van der Waals surface area contributed by atoms with E-state index in [2.05, 4.69) is 116 Å². The van der Waals surface area contributed by atoms with E-state index in [1.807, 2.05) is 6.20 Å². The Balaban J connectivity index is 0.00000302. The minimum absolute atomic E-state index is 0. The third-order valence-corrected chi connectivity index (χ3v) is 9.60. The van der Waals surface area contributed by atoms with Gasteiger partial charge in [0.05, 0.1) is 25.2 Å². The lowest BCUT2D eigenvalue weighted by atomic mass is 9.71. The zero-order valence-electron chi connectivity index (χ0n) is 23.4. The smallest absolute Gasteiger partial charge is 0.135 e. The Hall–Kier alpha value is -3.31. The van der Waals surface area contributed by atoms with Crippen LogP contribution in [0.5, 0.6) is 0 Å². The number of quaternary nitrogens is 1. The molecular formula is C37H37BrN2O. The maximum absolute atomic E-state index is 7.13. The van der Waals surface area contributed by atoms with Crippen LogP contribution in [0.4, 0.5) is 0 Å². The second-order valence-electron chi connectivity index (χ2n) is 11.9. The molecule has 3 saturated heterocycles. The molecule has 0 amide bonds. The van der Waals surface area contributed by atoms with Crippen molar-refractivity contribution in [2.24, 2.45) is 11.8 Å². The van der Waals surface area contributed by atoms with Gasteiger partial charge in [-0.15, -0.1) is 6.58 Å². The molecule has 5 aromatic rings. The molecule has 2 bridgehead atoms. The molecular weight excluding hydrogens is 568 g/mol. The zero-order valence-corrected chi connectivity index (χ0v) is 25.0. The van der Waals surface area contributed by atoms with Crippen molar-refractivity contribution in [3.05, 3.63) is 139 Å². The van der Waals surface area contributed by atoms with Gasteiger partial charge < -0.3 is 26.2 Å². The van der Waals surface area contributed by atoms with Gasteiger partial charge in [-0.1, -0.05) is 91.0 Å². The summed E-state index contributed by atoms with van der Waals surface area (Å²) >= 11 is 0. The van der Waals surface area contributed by atoms with Crippen LogP contribution >= 0.6 is 0 Å². The summed E-state index contributed by atoms with van der Waals surface area (Å²) in [6.07, 6.45) is 6.58. The molecule has 4 heteroatoms. The van der Waals surface area contributed by atoms with E-state index in [-0.39, 0.29) is 23.1 Å². The summed E-state index contributed by atoms with van der Waals surface area (Å²) in [5, 5.41) is 3.73. The lowest BCUT2D eigenvalue weighted by molar-refractivity contribution is -0.985. The maximum Gasteiger partial charge on any atom is 0.135 e. The number of nitrogens with zero attached hydrogens (tertiary/aromatic N) is 2. The number of piperidine rings is 3. The highest BCUT2D eigenvalue weighted by Crippen LogP contribution is 2.49. The van der Waals surface area contributed by atoms with E-state index in [4.69, 9.17) is 9.72 Å². The molecule has 4 aromatic carbocycles. The van der Waals surface area contributed by atoms with Crippen LogP contribution in [-0.2, 0) is 17.9 Å². The number of benzene rings is 4. The summed E-state index contributed by atoms with van der Waals surface area (Å²) in [6.45, 7) is 8.20. The topological polar surface area (TPSA) is 22.1 Å². The first-order chi connectivity index (χ1) is 19.7. The van der Waals surface area contributed by atoms with E-state index in [1.54, 1.807) is 0 Å². The Kier molecular flexibility index (Phi) is 8.07. The van der Waals surface area contributed by atoms with Crippen LogP contribution in [0.15, 0.2) is 122 Å². The van der Waals surface area contributed by atoms with Crippen LogP contribution in [0.2, 0.25) is 0 Å². The van der Waals surface area contributed by atoms with Crippen molar-refractivity contribution in [1.82, 2.24) is 4.98 Å². The summed E-state index contributed by atoms with van der Waals surface area (Å²) in [7, 11) is 0. The van der Waals surface area contributed by atoms with Crippen molar-refractivity contribution in [2.45, 2.75) is 38.1 Å². The van der Waals surface area contributed by atoms with Gasteiger partial charge in [-0.2, -0.15) is 0 Å². The maximum atomic E-state index is 7.13. The molecule has 0 saturated carbocycles. The van der Waals surface area contributed by atoms with Crippen molar-refractivity contribution < 1.29 is 26.2 Å². The van der Waals surface area contributed by atoms with Crippen molar-refractivity contribution in [1.29, 1.82) is 0 Å². The summed E-state index contributed by atoms with van der Waals surface area (Å²) in [4.78, 5) is 4.71. The highest BCUT2D eigenvalue weighted by Gasteiger charge is 2.54. The molecule has 41 heavy (non-hydrogen) atoms. The predicted molar refractivity (Wildman–Crippen MR) is 164 cm³/mol. The SMILES string of the molecule is C=C[C@H]1C[N+]2(Cc3ccccc3)CC[C@H]1C[C@@H]2[C@@H](OCc1ccc2ccccc2c1)c1ccnc2ccccc12.[Br-]. The van der Waals surface area contributed by atoms with Gasteiger partial charge in [0.15, 0.2) is 0 Å². The summed E-state index contributed by atoms with van der Waals surface area (Å²) in [5.74, 6) is 1.22. The Morgan fingerprint density at radius 1 is 0.878 bits per heavy atom. The van der Waals surface area contributed by atoms with E-state index in [0.29, 0.717) is 24.5 Å². The third-order valence-electron chi connectivity index (χ3n) is 9.60. The van der Waals surface area contributed by atoms with Crippen molar-refractivity contribution in [3.63, 3.8) is 0 Å². The van der Waals surface area contributed by atoms with Gasteiger partial charge in [0.1, 0.15) is 18.7 Å². The Labute approximate surface area is 253 Å². The monoisotopic (exact) mass is 604 g/mol. The Morgan fingerprint density at radius 2 is 1.66 bits per heavy atom. The first kappa shape index (κ1) is 27.8. The zero-order chi connectivity index (χ0) is 26.9. The molecule has 0 spiro atoms. The minimum Gasteiger partial charge on any atom is -1.00 e. The van der Waals surface area contributed by atoms with E-state index in [9.17, 15) is 0 Å². The first-order valence-corrected chi connectivity index (χ1v) is 14.7. The highest BCUT2D eigenvalue weighted by atomic mass is 79.9. The number of para-hydroxylation sites is 1. The van der Waals surface area contributed by atoms with E-state index in [0.717, 1.165) is 29.5 Å². The van der Waals surface area contributed by atoms with Crippen LogP contribution in [0.25, 0.3) is 21.7 Å². The summed E-state index contributed by atoms with van der Waals surface area (Å²) in [6, 6.07) is 37.5. The number of aromatic nitrogens is 1. The van der Waals surface area contributed by atoms with Gasteiger partial charge in [-0.05, 0) is 46.0 Å². The average molecular weight is 606 g/mol. The molecule has 3 fully saturated rings. The van der Waals surface area contributed by atoms with E-state index in [1.165, 1.54) is 45.8 Å². The third kappa shape index (κ3) is 5.37. The average Bonchev–Trinajstić information content (AvgIpc) is 3.02. The molecule has 0 N–H and O–H groups in total. The van der Waals surface area contributed by atoms with Crippen LogP contribution < -0.4 is 17.0 Å². The fourth-order valence-corrected chi connectivity index (χ4v) is 7.60. The molecule has 1 aromatic heterocycles. The number of halogens is 1. The first-order valence-electron chi connectivity index (χ1n) is 14.7. The number of ether oxygens (including phenoxy) is 1. The molecule has 5 atom stereocenters.